The van der Waals surface area contributed by atoms with Crippen molar-refractivity contribution >= 4 is 0 Å². The van der Waals surface area contributed by atoms with Crippen molar-refractivity contribution in [1.82, 2.24) is 0 Å². The van der Waals surface area contributed by atoms with Gasteiger partial charge in [0.2, 0.25) is 0 Å². The second kappa shape index (κ2) is 12.8. The van der Waals surface area contributed by atoms with Crippen LogP contribution in [0.5, 0.6) is 5.75 Å². The fraction of sp³-hybridized carbons (Fsp3) is 0.484. The van der Waals surface area contributed by atoms with Gasteiger partial charge in [-0.3, -0.25) is 0 Å². The van der Waals surface area contributed by atoms with E-state index < -0.39 is 42.4 Å². The normalized spacial score (nSPS) is 27.5. The first-order valence-corrected chi connectivity index (χ1v) is 13.6. The predicted octanol–water partition coefficient (Wildman–Crippen LogP) is 4.16. The number of hydrogen-bond acceptors (Lipinski definition) is 9. The van der Waals surface area contributed by atoms with Gasteiger partial charge in [-0.1, -0.05) is 42.5 Å². The average Bonchev–Trinajstić information content (AvgIpc) is 3.70. The Kier molecular flexibility index (Phi) is 9.22. The summed E-state index contributed by atoms with van der Waals surface area (Å²) in [5.41, 5.74) is 1.91. The molecule has 9 heteroatoms. The largest absolute Gasteiger partial charge is 0.497 e. The third-order valence-corrected chi connectivity index (χ3v) is 7.29. The Morgan fingerprint density at radius 2 is 1.60 bits per heavy atom. The first kappa shape index (κ1) is 28.8. The molecule has 2 aromatic carbocycles. The van der Waals surface area contributed by atoms with E-state index in [0.717, 1.165) is 16.9 Å². The Hall–Kier alpha value is -2.76. The molecule has 9 nitrogen and oxygen atoms in total. The summed E-state index contributed by atoms with van der Waals surface area (Å²) in [7, 11) is 1.62. The summed E-state index contributed by atoms with van der Waals surface area (Å²) in [5.74, 6) is 0.292. The third-order valence-electron chi connectivity index (χ3n) is 7.29. The summed E-state index contributed by atoms with van der Waals surface area (Å²) in [6.45, 7) is 4.73. The lowest BCUT2D eigenvalue weighted by molar-refractivity contribution is -0.148. The van der Waals surface area contributed by atoms with Crippen molar-refractivity contribution in [2.75, 3.05) is 13.7 Å². The van der Waals surface area contributed by atoms with Crippen LogP contribution in [-0.2, 0) is 36.9 Å². The van der Waals surface area contributed by atoms with E-state index in [1.165, 1.54) is 6.26 Å². The number of aliphatic hydroxyl groups excluding tert-OH is 2. The van der Waals surface area contributed by atoms with E-state index >= 15 is 0 Å². The fourth-order valence-corrected chi connectivity index (χ4v) is 5.24. The molecule has 2 aliphatic rings. The molecule has 0 amide bonds. The summed E-state index contributed by atoms with van der Waals surface area (Å²) in [4.78, 5) is 0. The van der Waals surface area contributed by atoms with Crippen LogP contribution in [0.3, 0.4) is 0 Å². The molecule has 0 bridgehead atoms. The van der Waals surface area contributed by atoms with Gasteiger partial charge in [0.25, 0.3) is 0 Å². The molecule has 3 aromatic rings. The molecule has 0 radical (unpaired) electrons. The minimum absolute atomic E-state index is 0.226. The van der Waals surface area contributed by atoms with Crippen LogP contribution in [0.15, 0.2) is 77.4 Å². The zero-order valence-corrected chi connectivity index (χ0v) is 23.1. The Balaban J connectivity index is 1.40. The highest BCUT2D eigenvalue weighted by molar-refractivity contribution is 5.26. The van der Waals surface area contributed by atoms with Crippen molar-refractivity contribution in [1.29, 1.82) is 0 Å². The predicted molar refractivity (Wildman–Crippen MR) is 144 cm³/mol. The van der Waals surface area contributed by atoms with Crippen LogP contribution in [0.25, 0.3) is 0 Å². The van der Waals surface area contributed by atoms with Gasteiger partial charge in [-0.05, 0) is 49.2 Å². The second-order valence-electron chi connectivity index (χ2n) is 10.7. The van der Waals surface area contributed by atoms with E-state index in [1.807, 2.05) is 68.4 Å². The molecule has 0 aliphatic carbocycles. The van der Waals surface area contributed by atoms with Crippen LogP contribution < -0.4 is 4.74 Å². The van der Waals surface area contributed by atoms with E-state index in [4.69, 9.17) is 32.8 Å². The van der Waals surface area contributed by atoms with E-state index in [-0.39, 0.29) is 18.5 Å². The summed E-state index contributed by atoms with van der Waals surface area (Å²) in [6, 6.07) is 20.7. The Morgan fingerprint density at radius 1 is 0.900 bits per heavy atom. The molecule has 0 spiro atoms. The molecule has 2 saturated heterocycles. The monoisotopic (exact) mass is 554 g/mol. The molecule has 1 aromatic heterocycles. The van der Waals surface area contributed by atoms with Gasteiger partial charge in [-0.15, -0.1) is 0 Å². The molecule has 2 N–H and O–H groups in total. The van der Waals surface area contributed by atoms with E-state index in [2.05, 4.69) is 0 Å². The van der Waals surface area contributed by atoms with Crippen LogP contribution in [0.4, 0.5) is 0 Å². The van der Waals surface area contributed by atoms with Crippen molar-refractivity contribution < 1.29 is 43.1 Å². The molecular weight excluding hydrogens is 516 g/mol. The van der Waals surface area contributed by atoms with Crippen LogP contribution in [0.2, 0.25) is 0 Å². The Morgan fingerprint density at radius 3 is 2.23 bits per heavy atom. The summed E-state index contributed by atoms with van der Waals surface area (Å²) in [5, 5.41) is 22.3. The second-order valence-corrected chi connectivity index (χ2v) is 10.7. The maximum absolute atomic E-state index is 11.3. The lowest BCUT2D eigenvalue weighted by Gasteiger charge is -2.28. The zero-order chi connectivity index (χ0) is 28.1. The number of ether oxygens (including phenoxy) is 6. The van der Waals surface area contributed by atoms with Crippen molar-refractivity contribution in [2.45, 2.75) is 82.0 Å². The average molecular weight is 555 g/mol. The smallest absolute Gasteiger partial charge is 0.163 e. The molecule has 0 saturated carbocycles. The number of furan rings is 1. The zero-order valence-electron chi connectivity index (χ0n) is 23.1. The van der Waals surface area contributed by atoms with Gasteiger partial charge in [0.05, 0.1) is 45.4 Å². The first-order chi connectivity index (χ1) is 19.3. The van der Waals surface area contributed by atoms with Crippen LogP contribution >= 0.6 is 0 Å². The van der Waals surface area contributed by atoms with Crippen molar-refractivity contribution in [3.05, 3.63) is 89.9 Å². The highest BCUT2D eigenvalue weighted by atomic mass is 16.7. The molecule has 1 unspecified atom stereocenters. The number of rotatable bonds is 12. The summed E-state index contributed by atoms with van der Waals surface area (Å²) in [6.07, 6.45) is -3.62. The quantitative estimate of drug-likeness (QED) is 0.341. The molecular formula is C31H38O9. The van der Waals surface area contributed by atoms with Gasteiger partial charge in [0.15, 0.2) is 5.79 Å². The Bertz CT molecular complexity index is 1170. The highest BCUT2D eigenvalue weighted by Gasteiger charge is 2.52. The van der Waals surface area contributed by atoms with Gasteiger partial charge in [0, 0.05) is 6.42 Å². The van der Waals surface area contributed by atoms with E-state index in [0.29, 0.717) is 19.6 Å². The highest BCUT2D eigenvalue weighted by Crippen LogP contribution is 2.37. The van der Waals surface area contributed by atoms with Crippen LogP contribution in [-0.4, -0.2) is 66.3 Å². The fourth-order valence-electron chi connectivity index (χ4n) is 5.24. The van der Waals surface area contributed by atoms with Crippen molar-refractivity contribution in [3.8, 4) is 5.75 Å². The van der Waals surface area contributed by atoms with E-state index in [9.17, 15) is 10.2 Å². The maximum Gasteiger partial charge on any atom is 0.163 e. The van der Waals surface area contributed by atoms with Gasteiger partial charge >= 0.3 is 0 Å². The summed E-state index contributed by atoms with van der Waals surface area (Å²) < 4.78 is 41.8. The lowest BCUT2D eigenvalue weighted by atomic mass is 9.97. The third kappa shape index (κ3) is 6.92. The molecule has 40 heavy (non-hydrogen) atoms. The SMILES string of the molecule is COc1ccc(CO[C@H]2[C@@H](OCc3ccccc3)[C@@H](C[C@H]3COC(C)(C)O3)O[C@H]2C(O)[C@@H](O)c2ccco2)cc1. The Labute approximate surface area is 234 Å². The number of aliphatic hydroxyl groups is 2. The molecule has 3 heterocycles. The molecule has 216 valence electrons. The molecule has 5 rings (SSSR count). The maximum atomic E-state index is 11.3. The van der Waals surface area contributed by atoms with Crippen LogP contribution in [0, 0.1) is 0 Å². The van der Waals surface area contributed by atoms with Crippen LogP contribution in [0.1, 0.15) is 43.3 Å². The minimum atomic E-state index is -1.34. The number of methoxy groups -OCH3 is 1. The van der Waals surface area contributed by atoms with E-state index in [1.54, 1.807) is 19.2 Å². The van der Waals surface area contributed by atoms with Gasteiger partial charge in [-0.25, -0.2) is 0 Å². The number of benzene rings is 2. The minimum Gasteiger partial charge on any atom is -0.497 e. The standard InChI is InChI=1S/C31H38O9/c1-31(2)38-19-23(40-31)16-25-28(36-17-20-8-5-4-6-9-20)30(37-18-21-11-13-22(34-3)14-12-21)29(39-25)27(33)26(32)24-10-7-15-35-24/h4-15,23,25-30,32-33H,16-19H2,1-3H3/t23-,25+,26-,27?,28-,29-,30-/m0/s1. The topological polar surface area (TPSA) is 109 Å². The molecule has 7 atom stereocenters. The van der Waals surface area contributed by atoms with Crippen molar-refractivity contribution in [2.24, 2.45) is 0 Å². The molecule has 2 aliphatic heterocycles. The first-order valence-electron chi connectivity index (χ1n) is 13.6. The molecule has 2 fully saturated rings. The lowest BCUT2D eigenvalue weighted by Crippen LogP contribution is -2.44. The number of hydrogen-bond donors (Lipinski definition) is 2. The van der Waals surface area contributed by atoms with Crippen molar-refractivity contribution in [3.63, 3.8) is 0 Å². The summed E-state index contributed by atoms with van der Waals surface area (Å²) >= 11 is 0. The van der Waals surface area contributed by atoms with Gasteiger partial charge < -0.3 is 43.1 Å². The van der Waals surface area contributed by atoms with Gasteiger partial charge in [0.1, 0.15) is 42.0 Å². The van der Waals surface area contributed by atoms with Gasteiger partial charge in [-0.2, -0.15) is 0 Å².